The SMILES string of the molecule is C=CC(=O)OCCNC(=O)OCC1CCC(CO)CC1. The molecule has 6 heteroatoms. The number of aliphatic hydroxyl groups excluding tert-OH is 1. The van der Waals surface area contributed by atoms with Crippen molar-refractivity contribution < 1.29 is 24.2 Å². The zero-order valence-electron chi connectivity index (χ0n) is 11.7. The minimum atomic E-state index is -0.513. The zero-order valence-corrected chi connectivity index (χ0v) is 11.7. The van der Waals surface area contributed by atoms with Gasteiger partial charge in [0.1, 0.15) is 6.61 Å². The molecule has 1 aliphatic carbocycles. The van der Waals surface area contributed by atoms with Crippen LogP contribution < -0.4 is 5.32 Å². The van der Waals surface area contributed by atoms with Gasteiger partial charge in [0, 0.05) is 12.7 Å². The minimum Gasteiger partial charge on any atom is -0.461 e. The molecule has 1 aliphatic rings. The summed E-state index contributed by atoms with van der Waals surface area (Å²) in [5.74, 6) is 0.266. The molecule has 0 saturated heterocycles. The number of hydrogen-bond donors (Lipinski definition) is 2. The summed E-state index contributed by atoms with van der Waals surface area (Å²) in [6, 6.07) is 0. The fourth-order valence-electron chi connectivity index (χ4n) is 2.19. The van der Waals surface area contributed by atoms with Gasteiger partial charge in [0.25, 0.3) is 0 Å². The van der Waals surface area contributed by atoms with E-state index in [2.05, 4.69) is 11.9 Å². The van der Waals surface area contributed by atoms with Gasteiger partial charge in [-0.1, -0.05) is 6.58 Å². The van der Waals surface area contributed by atoms with Crippen molar-refractivity contribution in [3.8, 4) is 0 Å². The molecule has 20 heavy (non-hydrogen) atoms. The maximum Gasteiger partial charge on any atom is 0.407 e. The molecule has 114 valence electrons. The Kier molecular flexibility index (Phi) is 7.72. The van der Waals surface area contributed by atoms with Crippen molar-refractivity contribution in [1.82, 2.24) is 5.32 Å². The van der Waals surface area contributed by atoms with Crippen LogP contribution in [-0.2, 0) is 14.3 Å². The predicted octanol–water partition coefficient (Wildman–Crippen LogP) is 1.24. The molecular weight excluding hydrogens is 262 g/mol. The Morgan fingerprint density at radius 1 is 1.20 bits per heavy atom. The Hall–Kier alpha value is -1.56. The average molecular weight is 285 g/mol. The van der Waals surface area contributed by atoms with Crippen LogP contribution in [0.25, 0.3) is 0 Å². The molecule has 0 aromatic carbocycles. The molecular formula is C14H23NO5. The van der Waals surface area contributed by atoms with E-state index in [1.807, 2.05) is 0 Å². The topological polar surface area (TPSA) is 84.9 Å². The van der Waals surface area contributed by atoms with Gasteiger partial charge in [-0.25, -0.2) is 9.59 Å². The smallest absolute Gasteiger partial charge is 0.407 e. The highest BCUT2D eigenvalue weighted by Gasteiger charge is 2.21. The van der Waals surface area contributed by atoms with Gasteiger partial charge in [0.2, 0.25) is 0 Å². The third-order valence-corrected chi connectivity index (χ3v) is 3.46. The largest absolute Gasteiger partial charge is 0.461 e. The number of ether oxygens (including phenoxy) is 2. The van der Waals surface area contributed by atoms with E-state index >= 15 is 0 Å². The summed E-state index contributed by atoms with van der Waals surface area (Å²) in [6.07, 6.45) is 4.52. The van der Waals surface area contributed by atoms with Crippen molar-refractivity contribution in [3.05, 3.63) is 12.7 Å². The second kappa shape index (κ2) is 9.36. The summed E-state index contributed by atoms with van der Waals surface area (Å²) < 4.78 is 9.82. The highest BCUT2D eigenvalue weighted by Crippen LogP contribution is 2.28. The van der Waals surface area contributed by atoms with Crippen molar-refractivity contribution >= 4 is 12.1 Å². The molecule has 0 aromatic rings. The average Bonchev–Trinajstić information content (AvgIpc) is 2.49. The van der Waals surface area contributed by atoms with Crippen LogP contribution in [0.3, 0.4) is 0 Å². The molecule has 1 saturated carbocycles. The van der Waals surface area contributed by atoms with E-state index in [-0.39, 0.29) is 19.8 Å². The molecule has 6 nitrogen and oxygen atoms in total. The van der Waals surface area contributed by atoms with Crippen LogP contribution in [-0.4, -0.2) is 43.5 Å². The number of esters is 1. The molecule has 0 aliphatic heterocycles. The molecule has 0 aromatic heterocycles. The molecule has 1 fully saturated rings. The van der Waals surface area contributed by atoms with E-state index in [1.165, 1.54) is 0 Å². The predicted molar refractivity (Wildman–Crippen MR) is 73.0 cm³/mol. The van der Waals surface area contributed by atoms with Crippen LogP contribution >= 0.6 is 0 Å². The number of carbonyl (C=O) groups excluding carboxylic acids is 2. The second-order valence-corrected chi connectivity index (χ2v) is 4.97. The summed E-state index contributed by atoms with van der Waals surface area (Å²) >= 11 is 0. The molecule has 0 atom stereocenters. The van der Waals surface area contributed by atoms with Gasteiger partial charge in [-0.3, -0.25) is 0 Å². The van der Waals surface area contributed by atoms with Gasteiger partial charge in [0.05, 0.1) is 13.2 Å². The van der Waals surface area contributed by atoms with Gasteiger partial charge in [0.15, 0.2) is 0 Å². The Morgan fingerprint density at radius 3 is 2.45 bits per heavy atom. The summed E-state index contributed by atoms with van der Waals surface area (Å²) in [5.41, 5.74) is 0. The van der Waals surface area contributed by atoms with Gasteiger partial charge < -0.3 is 19.9 Å². The highest BCUT2D eigenvalue weighted by atomic mass is 16.6. The van der Waals surface area contributed by atoms with Crippen molar-refractivity contribution in [2.45, 2.75) is 25.7 Å². The Bertz CT molecular complexity index is 324. The second-order valence-electron chi connectivity index (χ2n) is 4.97. The van der Waals surface area contributed by atoms with Crippen LogP contribution in [0.15, 0.2) is 12.7 Å². The molecule has 1 rings (SSSR count). The van der Waals surface area contributed by atoms with Crippen LogP contribution in [0, 0.1) is 11.8 Å². The summed E-state index contributed by atoms with van der Waals surface area (Å²) in [4.78, 5) is 22.1. The van der Waals surface area contributed by atoms with E-state index in [0.717, 1.165) is 31.8 Å². The van der Waals surface area contributed by atoms with Crippen molar-refractivity contribution in [2.75, 3.05) is 26.4 Å². The number of carbonyl (C=O) groups is 2. The van der Waals surface area contributed by atoms with Crippen molar-refractivity contribution in [1.29, 1.82) is 0 Å². The number of nitrogens with one attached hydrogen (secondary N) is 1. The Balaban J connectivity index is 2.03. The van der Waals surface area contributed by atoms with E-state index in [9.17, 15) is 9.59 Å². The lowest BCUT2D eigenvalue weighted by Gasteiger charge is -2.26. The first-order valence-electron chi connectivity index (χ1n) is 6.96. The molecule has 0 radical (unpaired) electrons. The van der Waals surface area contributed by atoms with Gasteiger partial charge in [-0.05, 0) is 37.5 Å². The quantitative estimate of drug-likeness (QED) is 0.417. The van der Waals surface area contributed by atoms with Gasteiger partial charge >= 0.3 is 12.1 Å². The lowest BCUT2D eigenvalue weighted by molar-refractivity contribution is -0.137. The van der Waals surface area contributed by atoms with E-state index in [1.54, 1.807) is 0 Å². The minimum absolute atomic E-state index is 0.0988. The van der Waals surface area contributed by atoms with Crippen molar-refractivity contribution in [3.63, 3.8) is 0 Å². The Morgan fingerprint density at radius 2 is 1.85 bits per heavy atom. The normalized spacial score (nSPS) is 21.9. The molecule has 1 amide bonds. The monoisotopic (exact) mass is 285 g/mol. The molecule has 0 heterocycles. The summed E-state index contributed by atoms with van der Waals surface area (Å²) in [7, 11) is 0. The fraction of sp³-hybridized carbons (Fsp3) is 0.714. The first-order chi connectivity index (χ1) is 9.65. The maximum atomic E-state index is 11.4. The lowest BCUT2D eigenvalue weighted by Crippen LogP contribution is -2.30. The van der Waals surface area contributed by atoms with Gasteiger partial charge in [-0.15, -0.1) is 0 Å². The Labute approximate surface area is 119 Å². The number of rotatable bonds is 7. The first-order valence-corrected chi connectivity index (χ1v) is 6.96. The molecule has 0 unspecified atom stereocenters. The van der Waals surface area contributed by atoms with E-state index in [4.69, 9.17) is 14.6 Å². The maximum absolute atomic E-state index is 11.4. The third-order valence-electron chi connectivity index (χ3n) is 3.46. The number of amides is 1. The van der Waals surface area contributed by atoms with Gasteiger partial charge in [-0.2, -0.15) is 0 Å². The molecule has 2 N–H and O–H groups in total. The lowest BCUT2D eigenvalue weighted by atomic mass is 9.83. The number of aliphatic hydroxyl groups is 1. The van der Waals surface area contributed by atoms with E-state index < -0.39 is 12.1 Å². The van der Waals surface area contributed by atoms with E-state index in [0.29, 0.717) is 18.4 Å². The zero-order chi connectivity index (χ0) is 14.8. The van der Waals surface area contributed by atoms with Crippen LogP contribution in [0.1, 0.15) is 25.7 Å². The van der Waals surface area contributed by atoms with Crippen molar-refractivity contribution in [2.24, 2.45) is 11.8 Å². The number of hydrogen-bond acceptors (Lipinski definition) is 5. The third kappa shape index (κ3) is 6.56. The highest BCUT2D eigenvalue weighted by molar-refractivity contribution is 5.81. The number of alkyl carbamates (subject to hydrolysis) is 1. The summed E-state index contributed by atoms with van der Waals surface area (Å²) in [5, 5.41) is 11.5. The molecule has 0 bridgehead atoms. The first kappa shape index (κ1) is 16.5. The standard InChI is InChI=1S/C14H23NO5/c1-2-13(17)19-8-7-15-14(18)20-10-12-5-3-11(9-16)4-6-12/h2,11-12,16H,1,3-10H2,(H,15,18). The van der Waals surface area contributed by atoms with Crippen LogP contribution in [0.2, 0.25) is 0 Å². The van der Waals surface area contributed by atoms with Crippen LogP contribution in [0.5, 0.6) is 0 Å². The fourth-order valence-corrected chi connectivity index (χ4v) is 2.19. The van der Waals surface area contributed by atoms with Crippen LogP contribution in [0.4, 0.5) is 4.79 Å². The summed E-state index contributed by atoms with van der Waals surface area (Å²) in [6.45, 7) is 4.23. The molecule has 0 spiro atoms.